The molecule has 6 nitrogen and oxygen atoms in total. The van der Waals surface area contributed by atoms with Crippen molar-refractivity contribution in [2.75, 3.05) is 18.9 Å². The smallest absolute Gasteiger partial charge is 0.306 e. The molecule has 0 aliphatic carbocycles. The van der Waals surface area contributed by atoms with Crippen LogP contribution in [0, 0.1) is 11.8 Å². The molecule has 0 fully saturated rings. The van der Waals surface area contributed by atoms with Crippen LogP contribution >= 0.6 is 11.3 Å². The molecule has 0 bridgehead atoms. The van der Waals surface area contributed by atoms with Crippen molar-refractivity contribution in [3.05, 3.63) is 21.9 Å². The molecular weight excluding hydrogens is 312 g/mol. The molecular formula is C13H18N2O4S2. The Morgan fingerprint density at radius 1 is 1.48 bits per heavy atom. The monoisotopic (exact) mass is 330 g/mol. The highest BCUT2D eigenvalue weighted by atomic mass is 32.2. The Balaban J connectivity index is 2.46. The molecule has 1 aromatic rings. The molecule has 0 amide bonds. The van der Waals surface area contributed by atoms with Crippen molar-refractivity contribution in [2.24, 2.45) is 5.73 Å². The van der Waals surface area contributed by atoms with Crippen LogP contribution in [0.3, 0.4) is 0 Å². The minimum absolute atomic E-state index is 0.152. The lowest BCUT2D eigenvalue weighted by molar-refractivity contribution is -0.142. The number of thiophene rings is 1. The van der Waals surface area contributed by atoms with Crippen molar-refractivity contribution < 1.29 is 17.9 Å². The second-order valence-electron chi connectivity index (χ2n) is 3.97. The molecule has 116 valence electrons. The summed E-state index contributed by atoms with van der Waals surface area (Å²) in [4.78, 5) is 12.8. The van der Waals surface area contributed by atoms with E-state index in [-0.39, 0.29) is 31.9 Å². The summed E-state index contributed by atoms with van der Waals surface area (Å²) in [6.07, 6.45) is -0.152. The van der Waals surface area contributed by atoms with Gasteiger partial charge in [0.05, 0.1) is 30.2 Å². The number of carbonyl (C=O) groups excluding carboxylic acids is 1. The predicted molar refractivity (Wildman–Crippen MR) is 82.1 cm³/mol. The molecule has 1 heterocycles. The lowest BCUT2D eigenvalue weighted by atomic mass is 10.4. The first-order valence-corrected chi connectivity index (χ1v) is 8.84. The summed E-state index contributed by atoms with van der Waals surface area (Å²) in [7, 11) is -3.50. The van der Waals surface area contributed by atoms with E-state index >= 15 is 0 Å². The maximum atomic E-state index is 11.7. The van der Waals surface area contributed by atoms with Gasteiger partial charge in [-0.1, -0.05) is 11.8 Å². The number of sulfonamides is 1. The molecule has 0 saturated carbocycles. The number of nitrogens with one attached hydrogen (secondary N) is 1. The predicted octanol–water partition coefficient (Wildman–Crippen LogP) is 0.431. The molecule has 1 aromatic heterocycles. The molecule has 0 radical (unpaired) electrons. The molecule has 0 atom stereocenters. The first-order valence-electron chi connectivity index (χ1n) is 6.37. The van der Waals surface area contributed by atoms with Crippen molar-refractivity contribution in [1.29, 1.82) is 0 Å². The number of rotatable bonds is 7. The highest BCUT2D eigenvalue weighted by Gasteiger charge is 2.14. The van der Waals surface area contributed by atoms with Crippen molar-refractivity contribution in [2.45, 2.75) is 19.9 Å². The summed E-state index contributed by atoms with van der Waals surface area (Å²) in [6, 6.07) is 3.62. The van der Waals surface area contributed by atoms with Gasteiger partial charge in [0.1, 0.15) is 0 Å². The fraction of sp³-hybridized carbons (Fsp3) is 0.462. The quantitative estimate of drug-likeness (QED) is 0.558. The van der Waals surface area contributed by atoms with Gasteiger partial charge in [-0.25, -0.2) is 13.1 Å². The summed E-state index contributed by atoms with van der Waals surface area (Å²) in [5, 5.41) is 0. The van der Waals surface area contributed by atoms with Gasteiger partial charge in [-0.15, -0.1) is 11.3 Å². The van der Waals surface area contributed by atoms with E-state index in [1.54, 1.807) is 13.0 Å². The van der Waals surface area contributed by atoms with Crippen LogP contribution in [0.2, 0.25) is 0 Å². The Morgan fingerprint density at radius 2 is 2.24 bits per heavy atom. The Bertz CT molecular complexity index is 626. The van der Waals surface area contributed by atoms with Gasteiger partial charge in [-0.3, -0.25) is 4.79 Å². The minimum atomic E-state index is -3.50. The number of nitrogens with two attached hydrogens (primary N) is 1. The van der Waals surface area contributed by atoms with Gasteiger partial charge in [0.2, 0.25) is 10.0 Å². The van der Waals surface area contributed by atoms with Crippen LogP contribution < -0.4 is 10.5 Å². The summed E-state index contributed by atoms with van der Waals surface area (Å²) < 4.78 is 30.6. The van der Waals surface area contributed by atoms with E-state index in [4.69, 9.17) is 5.73 Å². The lowest BCUT2D eigenvalue weighted by Gasteiger charge is -2.05. The highest BCUT2D eigenvalue weighted by Crippen LogP contribution is 2.15. The van der Waals surface area contributed by atoms with Crippen molar-refractivity contribution in [1.82, 2.24) is 4.72 Å². The third kappa shape index (κ3) is 7.24. The Kier molecular flexibility index (Phi) is 7.39. The van der Waals surface area contributed by atoms with Crippen LogP contribution in [0.1, 0.15) is 23.1 Å². The SMILES string of the molecule is CCOC(=O)CCS(=O)(=O)NCc1ccc(C#CCN)s1. The van der Waals surface area contributed by atoms with E-state index in [9.17, 15) is 13.2 Å². The van der Waals surface area contributed by atoms with Crippen LogP contribution in [-0.2, 0) is 26.1 Å². The maximum Gasteiger partial charge on any atom is 0.306 e. The normalized spacial score (nSPS) is 10.8. The zero-order chi connectivity index (χ0) is 15.7. The molecule has 0 aliphatic heterocycles. The van der Waals surface area contributed by atoms with Gasteiger partial charge in [0.25, 0.3) is 0 Å². The first kappa shape index (κ1) is 17.7. The average molecular weight is 330 g/mol. The number of ether oxygens (including phenoxy) is 1. The Labute approximate surface area is 128 Å². The van der Waals surface area contributed by atoms with Gasteiger partial charge in [-0.2, -0.15) is 0 Å². The number of hydrogen-bond acceptors (Lipinski definition) is 6. The molecule has 21 heavy (non-hydrogen) atoms. The van der Waals surface area contributed by atoms with E-state index in [1.807, 2.05) is 6.07 Å². The average Bonchev–Trinajstić information content (AvgIpc) is 2.89. The van der Waals surface area contributed by atoms with Crippen LogP contribution in [0.25, 0.3) is 0 Å². The van der Waals surface area contributed by atoms with E-state index in [1.165, 1.54) is 11.3 Å². The zero-order valence-corrected chi connectivity index (χ0v) is 13.4. The molecule has 0 saturated heterocycles. The van der Waals surface area contributed by atoms with Gasteiger partial charge >= 0.3 is 5.97 Å². The van der Waals surface area contributed by atoms with E-state index < -0.39 is 16.0 Å². The second kappa shape index (κ2) is 8.79. The Morgan fingerprint density at radius 3 is 2.90 bits per heavy atom. The lowest BCUT2D eigenvalue weighted by Crippen LogP contribution is -2.27. The Hall–Kier alpha value is -1.40. The second-order valence-corrected chi connectivity index (χ2v) is 7.06. The zero-order valence-electron chi connectivity index (χ0n) is 11.7. The van der Waals surface area contributed by atoms with Crippen molar-refractivity contribution >= 4 is 27.3 Å². The molecule has 0 aliphatic rings. The number of carbonyl (C=O) groups is 1. The van der Waals surface area contributed by atoms with Gasteiger partial charge in [0.15, 0.2) is 0 Å². The maximum absolute atomic E-state index is 11.7. The third-order valence-electron chi connectivity index (χ3n) is 2.32. The number of hydrogen-bond donors (Lipinski definition) is 2. The van der Waals surface area contributed by atoms with E-state index in [2.05, 4.69) is 21.3 Å². The van der Waals surface area contributed by atoms with Crippen molar-refractivity contribution in [3.8, 4) is 11.8 Å². The first-order chi connectivity index (χ1) is 9.96. The largest absolute Gasteiger partial charge is 0.466 e. The van der Waals surface area contributed by atoms with Crippen LogP contribution in [0.4, 0.5) is 0 Å². The highest BCUT2D eigenvalue weighted by molar-refractivity contribution is 7.89. The summed E-state index contributed by atoms with van der Waals surface area (Å²) in [5.41, 5.74) is 5.28. The molecule has 8 heteroatoms. The standard InChI is InChI=1S/C13H18N2O4S2/c1-2-19-13(16)7-9-21(17,18)15-10-12-6-5-11(20-12)4-3-8-14/h5-6,15H,2,7-10,14H2,1H3. The van der Waals surface area contributed by atoms with Crippen LogP contribution in [0.15, 0.2) is 12.1 Å². The number of esters is 1. The molecule has 0 unspecified atom stereocenters. The fourth-order valence-corrected chi connectivity index (χ4v) is 3.25. The van der Waals surface area contributed by atoms with Gasteiger partial charge < -0.3 is 10.5 Å². The molecule has 1 rings (SSSR count). The molecule has 0 spiro atoms. The third-order valence-corrected chi connectivity index (χ3v) is 4.65. The summed E-state index contributed by atoms with van der Waals surface area (Å²) >= 11 is 1.40. The van der Waals surface area contributed by atoms with Gasteiger partial charge in [0, 0.05) is 11.4 Å². The van der Waals surface area contributed by atoms with E-state index in [0.717, 1.165) is 9.75 Å². The van der Waals surface area contributed by atoms with E-state index in [0.29, 0.717) is 0 Å². The summed E-state index contributed by atoms with van der Waals surface area (Å²) in [6.45, 7) is 2.38. The van der Waals surface area contributed by atoms with Crippen LogP contribution in [0.5, 0.6) is 0 Å². The topological polar surface area (TPSA) is 98.5 Å². The van der Waals surface area contributed by atoms with Crippen molar-refractivity contribution in [3.63, 3.8) is 0 Å². The minimum Gasteiger partial charge on any atom is -0.466 e. The fourth-order valence-electron chi connectivity index (χ4n) is 1.38. The summed E-state index contributed by atoms with van der Waals surface area (Å²) in [5.74, 6) is 4.82. The van der Waals surface area contributed by atoms with Gasteiger partial charge in [-0.05, 0) is 19.1 Å². The molecule has 0 aromatic carbocycles. The van der Waals surface area contributed by atoms with Crippen LogP contribution in [-0.4, -0.2) is 33.3 Å². The molecule has 3 N–H and O–H groups in total.